The molecule has 0 aromatic rings. The predicted molar refractivity (Wildman–Crippen MR) is 98.5 cm³/mol. The molecule has 5 nitrogen and oxygen atoms in total. The summed E-state index contributed by atoms with van der Waals surface area (Å²) in [7, 11) is 0. The van der Waals surface area contributed by atoms with Crippen LogP contribution in [0, 0.1) is 0 Å². The molecule has 1 N–H and O–H groups in total. The Morgan fingerprint density at radius 2 is 1.20 bits per heavy atom. The Hall–Kier alpha value is -1.36. The second-order valence-electron chi connectivity index (χ2n) is 6.95. The monoisotopic (exact) mass is 353 g/mol. The van der Waals surface area contributed by atoms with Crippen molar-refractivity contribution in [1.29, 1.82) is 0 Å². The Kier molecular flexibility index (Phi) is 7.48. The summed E-state index contributed by atoms with van der Waals surface area (Å²) in [5, 5.41) is 3.36. The fraction of sp³-hybridized carbons (Fsp3) is 0.800. The zero-order chi connectivity index (χ0) is 18.2. The van der Waals surface area contributed by atoms with Gasteiger partial charge in [-0.2, -0.15) is 0 Å². The molecule has 2 aliphatic rings. The van der Waals surface area contributed by atoms with E-state index < -0.39 is 11.6 Å². The van der Waals surface area contributed by atoms with Gasteiger partial charge in [0.2, 0.25) is 11.6 Å². The van der Waals surface area contributed by atoms with Gasteiger partial charge in [0.15, 0.2) is 0 Å². The van der Waals surface area contributed by atoms with E-state index in [1.807, 2.05) is 0 Å². The number of hydrogen-bond acceptors (Lipinski definition) is 5. The minimum absolute atomic E-state index is 0.462. The fourth-order valence-corrected chi connectivity index (χ4v) is 3.16. The largest absolute Gasteiger partial charge is 0.456 e. The molecule has 2 rings (SSSR count). The van der Waals surface area contributed by atoms with Gasteiger partial charge in [-0.3, -0.25) is 0 Å². The van der Waals surface area contributed by atoms with Crippen molar-refractivity contribution in [2.45, 2.75) is 90.6 Å². The van der Waals surface area contributed by atoms with E-state index >= 15 is 0 Å². The molecule has 0 aromatic heterocycles. The molecular formula is C20H35NO4. The van der Waals surface area contributed by atoms with Crippen LogP contribution in [0.3, 0.4) is 0 Å². The molecule has 0 aromatic carbocycles. The molecule has 144 valence electrons. The SMILES string of the molecule is CCCCC1(CC)OC=C(CNCC2=COC(CC)(CCCC)O2)O1. The molecule has 0 amide bonds. The van der Waals surface area contributed by atoms with E-state index in [1.165, 1.54) is 0 Å². The first-order chi connectivity index (χ1) is 12.1. The fourth-order valence-electron chi connectivity index (χ4n) is 3.16. The van der Waals surface area contributed by atoms with E-state index in [1.54, 1.807) is 12.5 Å². The highest BCUT2D eigenvalue weighted by molar-refractivity contribution is 5.03. The molecule has 2 heterocycles. The maximum Gasteiger partial charge on any atom is 0.250 e. The Balaban J connectivity index is 1.71. The Morgan fingerprint density at radius 1 is 0.760 bits per heavy atom. The normalized spacial score (nSPS) is 27.8. The van der Waals surface area contributed by atoms with Gasteiger partial charge in [0.25, 0.3) is 0 Å². The van der Waals surface area contributed by atoms with Crippen LogP contribution in [0.15, 0.2) is 24.0 Å². The van der Waals surface area contributed by atoms with Crippen LogP contribution in [-0.2, 0) is 18.9 Å². The highest BCUT2D eigenvalue weighted by Gasteiger charge is 2.37. The van der Waals surface area contributed by atoms with Crippen molar-refractivity contribution < 1.29 is 18.9 Å². The number of rotatable bonds is 12. The quantitative estimate of drug-likeness (QED) is 0.538. The third-order valence-corrected chi connectivity index (χ3v) is 4.94. The molecule has 0 fully saturated rings. The van der Waals surface area contributed by atoms with Gasteiger partial charge in [-0.25, -0.2) is 0 Å². The van der Waals surface area contributed by atoms with Crippen molar-refractivity contribution in [3.05, 3.63) is 24.0 Å². The maximum absolute atomic E-state index is 6.07. The highest BCUT2D eigenvalue weighted by atomic mass is 16.7. The lowest BCUT2D eigenvalue weighted by molar-refractivity contribution is -0.157. The molecule has 0 radical (unpaired) electrons. The standard InChI is InChI=1S/C20H35NO4/c1-5-9-11-19(7-3)22-15-17(24-19)13-21-14-18-16-23-20(8-4,25-18)12-10-6-2/h15-16,21H,5-14H2,1-4H3. The second-order valence-corrected chi connectivity index (χ2v) is 6.95. The van der Waals surface area contributed by atoms with E-state index in [-0.39, 0.29) is 0 Å². The zero-order valence-corrected chi connectivity index (χ0v) is 16.4. The van der Waals surface area contributed by atoms with E-state index in [4.69, 9.17) is 18.9 Å². The number of nitrogens with one attached hydrogen (secondary N) is 1. The van der Waals surface area contributed by atoms with E-state index in [0.717, 1.165) is 62.9 Å². The van der Waals surface area contributed by atoms with Gasteiger partial charge in [0.05, 0.1) is 13.1 Å². The summed E-state index contributed by atoms with van der Waals surface area (Å²) in [6, 6.07) is 0. The molecule has 0 saturated carbocycles. The van der Waals surface area contributed by atoms with Crippen LogP contribution >= 0.6 is 0 Å². The average molecular weight is 354 g/mol. The molecular weight excluding hydrogens is 318 g/mol. The molecule has 25 heavy (non-hydrogen) atoms. The lowest BCUT2D eigenvalue weighted by atomic mass is 10.1. The van der Waals surface area contributed by atoms with Gasteiger partial charge in [0.1, 0.15) is 24.0 Å². The molecule has 0 saturated heterocycles. The summed E-state index contributed by atoms with van der Waals surface area (Å²) in [5.41, 5.74) is 0. The van der Waals surface area contributed by atoms with Crippen molar-refractivity contribution in [3.8, 4) is 0 Å². The van der Waals surface area contributed by atoms with Crippen LogP contribution < -0.4 is 5.32 Å². The van der Waals surface area contributed by atoms with Crippen molar-refractivity contribution in [2.75, 3.05) is 13.1 Å². The van der Waals surface area contributed by atoms with E-state index in [2.05, 4.69) is 33.0 Å². The third-order valence-electron chi connectivity index (χ3n) is 4.94. The van der Waals surface area contributed by atoms with Gasteiger partial charge >= 0.3 is 0 Å². The molecule has 2 unspecified atom stereocenters. The molecule has 0 aliphatic carbocycles. The van der Waals surface area contributed by atoms with E-state index in [0.29, 0.717) is 13.1 Å². The smallest absolute Gasteiger partial charge is 0.250 e. The summed E-state index contributed by atoms with van der Waals surface area (Å²) in [6.07, 6.45) is 11.6. The van der Waals surface area contributed by atoms with Gasteiger partial charge in [-0.05, 0) is 12.8 Å². The van der Waals surface area contributed by atoms with Crippen LogP contribution in [0.2, 0.25) is 0 Å². The van der Waals surface area contributed by atoms with Crippen LogP contribution in [0.1, 0.15) is 79.1 Å². The van der Waals surface area contributed by atoms with Crippen molar-refractivity contribution >= 4 is 0 Å². The van der Waals surface area contributed by atoms with Crippen LogP contribution in [-0.4, -0.2) is 24.7 Å². The third kappa shape index (κ3) is 5.30. The lowest BCUT2D eigenvalue weighted by Crippen LogP contribution is -2.32. The zero-order valence-electron chi connectivity index (χ0n) is 16.4. The van der Waals surface area contributed by atoms with Gasteiger partial charge in [-0.15, -0.1) is 0 Å². The Bertz CT molecular complexity index is 434. The van der Waals surface area contributed by atoms with Crippen molar-refractivity contribution in [3.63, 3.8) is 0 Å². The molecule has 2 atom stereocenters. The summed E-state index contributed by atoms with van der Waals surface area (Å²) in [6.45, 7) is 9.83. The highest BCUT2D eigenvalue weighted by Crippen LogP contribution is 2.34. The van der Waals surface area contributed by atoms with Crippen molar-refractivity contribution in [1.82, 2.24) is 5.32 Å². The molecule has 2 aliphatic heterocycles. The first kappa shape index (κ1) is 20.0. The molecule has 5 heteroatoms. The summed E-state index contributed by atoms with van der Waals surface area (Å²) < 4.78 is 23.8. The number of unbranched alkanes of at least 4 members (excludes halogenated alkanes) is 2. The second kappa shape index (κ2) is 9.37. The Morgan fingerprint density at radius 3 is 1.56 bits per heavy atom. The van der Waals surface area contributed by atoms with Gasteiger partial charge < -0.3 is 24.3 Å². The van der Waals surface area contributed by atoms with Crippen LogP contribution in [0.25, 0.3) is 0 Å². The average Bonchev–Trinajstić information content (AvgIpc) is 3.24. The Labute approximate surface area is 152 Å². The number of hydrogen-bond donors (Lipinski definition) is 1. The molecule has 0 spiro atoms. The van der Waals surface area contributed by atoms with Crippen molar-refractivity contribution in [2.24, 2.45) is 0 Å². The maximum atomic E-state index is 6.07. The predicted octanol–water partition coefficient (Wildman–Crippen LogP) is 4.95. The van der Waals surface area contributed by atoms with Gasteiger partial charge in [0, 0.05) is 25.7 Å². The summed E-state index contributed by atoms with van der Waals surface area (Å²) in [5.74, 6) is 0.781. The first-order valence-corrected chi connectivity index (χ1v) is 9.93. The summed E-state index contributed by atoms with van der Waals surface area (Å²) in [4.78, 5) is 0. The van der Waals surface area contributed by atoms with Crippen LogP contribution in [0.4, 0.5) is 0 Å². The van der Waals surface area contributed by atoms with Crippen LogP contribution in [0.5, 0.6) is 0 Å². The number of ether oxygens (including phenoxy) is 4. The lowest BCUT2D eigenvalue weighted by Gasteiger charge is -2.27. The topological polar surface area (TPSA) is 49.0 Å². The van der Waals surface area contributed by atoms with E-state index in [9.17, 15) is 0 Å². The minimum Gasteiger partial charge on any atom is -0.456 e. The summed E-state index contributed by atoms with van der Waals surface area (Å²) >= 11 is 0. The van der Waals surface area contributed by atoms with Gasteiger partial charge in [-0.1, -0.05) is 40.5 Å². The minimum atomic E-state index is -0.462. The molecule has 0 bridgehead atoms. The first-order valence-electron chi connectivity index (χ1n) is 9.93.